The summed E-state index contributed by atoms with van der Waals surface area (Å²) < 4.78 is 0. The van der Waals surface area contributed by atoms with Gasteiger partial charge in [-0.1, -0.05) is 118 Å². The van der Waals surface area contributed by atoms with Crippen LogP contribution in [0.15, 0.2) is 48.5 Å². The number of pyridine rings is 1. The van der Waals surface area contributed by atoms with Gasteiger partial charge in [-0.15, -0.1) is 0 Å². The molecule has 0 unspecified atom stereocenters. The molecule has 0 saturated carbocycles. The van der Waals surface area contributed by atoms with Crippen molar-refractivity contribution in [3.8, 4) is 11.3 Å². The summed E-state index contributed by atoms with van der Waals surface area (Å²) in [5.74, 6) is 0. The van der Waals surface area contributed by atoms with Crippen molar-refractivity contribution in [2.75, 3.05) is 13.1 Å². The molecule has 3 rings (SSSR count). The van der Waals surface area contributed by atoms with Crippen molar-refractivity contribution < 1.29 is 5.11 Å². The minimum atomic E-state index is -0.675. The Bertz CT molecular complexity index is 1010. The quantitative estimate of drug-likeness (QED) is 0.205. The van der Waals surface area contributed by atoms with Gasteiger partial charge in [-0.05, 0) is 36.7 Å². The average Bonchev–Trinajstić information content (AvgIpc) is 2.84. The third-order valence-corrected chi connectivity index (χ3v) is 6.84. The van der Waals surface area contributed by atoms with Crippen LogP contribution in [0.4, 0.5) is 0 Å². The van der Waals surface area contributed by atoms with Crippen LogP contribution in [0, 0.1) is 0 Å². The molecule has 1 atom stereocenters. The molecule has 0 amide bonds. The van der Waals surface area contributed by atoms with E-state index in [2.05, 4.69) is 12.2 Å². The van der Waals surface area contributed by atoms with Gasteiger partial charge in [-0.3, -0.25) is 0 Å². The Kier molecular flexibility index (Phi) is 11.6. The highest BCUT2D eigenvalue weighted by atomic mass is 35.5. The summed E-state index contributed by atoms with van der Waals surface area (Å²) in [5.41, 5.74) is 3.24. The smallest absolute Gasteiger partial charge is 0.0921 e. The van der Waals surface area contributed by atoms with E-state index < -0.39 is 6.10 Å². The molecule has 0 saturated heterocycles. The van der Waals surface area contributed by atoms with Crippen molar-refractivity contribution in [2.45, 2.75) is 77.2 Å². The van der Waals surface area contributed by atoms with Gasteiger partial charge in [-0.25, -0.2) is 4.98 Å². The van der Waals surface area contributed by atoms with Crippen LogP contribution in [0.5, 0.6) is 0 Å². The van der Waals surface area contributed by atoms with Crippen molar-refractivity contribution in [1.82, 2.24) is 10.3 Å². The number of halogens is 2. The van der Waals surface area contributed by atoms with Crippen molar-refractivity contribution in [2.24, 2.45) is 0 Å². The summed E-state index contributed by atoms with van der Waals surface area (Å²) in [6, 6.07) is 15.5. The van der Waals surface area contributed by atoms with E-state index in [-0.39, 0.29) is 0 Å². The maximum Gasteiger partial charge on any atom is 0.0921 e. The molecule has 184 valence electrons. The minimum Gasteiger partial charge on any atom is -0.387 e. The van der Waals surface area contributed by atoms with Gasteiger partial charge in [0.15, 0.2) is 0 Å². The molecule has 2 N–H and O–H groups in total. The summed E-state index contributed by atoms with van der Waals surface area (Å²) in [5, 5.41) is 16.3. The van der Waals surface area contributed by atoms with Gasteiger partial charge in [-0.2, -0.15) is 0 Å². The number of benzene rings is 2. The number of hydrogen-bond acceptors (Lipinski definition) is 3. The number of nitrogens with zero attached hydrogens (tertiary/aromatic N) is 1. The van der Waals surface area contributed by atoms with Crippen molar-refractivity contribution in [3.05, 3.63) is 64.1 Å². The van der Waals surface area contributed by atoms with E-state index in [1.165, 1.54) is 57.8 Å². The van der Waals surface area contributed by atoms with E-state index in [9.17, 15) is 5.11 Å². The molecule has 34 heavy (non-hydrogen) atoms. The van der Waals surface area contributed by atoms with Crippen LogP contribution in [-0.4, -0.2) is 23.2 Å². The predicted molar refractivity (Wildman–Crippen MR) is 147 cm³/mol. The van der Waals surface area contributed by atoms with Gasteiger partial charge in [0.1, 0.15) is 0 Å². The van der Waals surface area contributed by atoms with Crippen molar-refractivity contribution in [3.63, 3.8) is 0 Å². The first-order valence-corrected chi connectivity index (χ1v) is 13.6. The molecule has 1 aromatic heterocycles. The minimum absolute atomic E-state index is 0.481. The largest absolute Gasteiger partial charge is 0.387 e. The number of fused-ring (bicyclic) bond motifs is 1. The summed E-state index contributed by atoms with van der Waals surface area (Å²) in [6.45, 7) is 3.65. The molecular formula is C29H38Cl2N2O. The highest BCUT2D eigenvalue weighted by molar-refractivity contribution is 6.38. The molecule has 0 spiro atoms. The molecule has 3 aromatic rings. The molecule has 3 nitrogen and oxygen atoms in total. The fourth-order valence-corrected chi connectivity index (χ4v) is 4.93. The van der Waals surface area contributed by atoms with Gasteiger partial charge < -0.3 is 10.4 Å². The van der Waals surface area contributed by atoms with Gasteiger partial charge >= 0.3 is 0 Å². The Morgan fingerprint density at radius 1 is 0.853 bits per heavy atom. The summed E-state index contributed by atoms with van der Waals surface area (Å²) in [7, 11) is 0. The molecular weight excluding hydrogens is 463 g/mol. The number of rotatable bonds is 15. The second-order valence-electron chi connectivity index (χ2n) is 9.15. The Morgan fingerprint density at radius 2 is 1.50 bits per heavy atom. The lowest BCUT2D eigenvalue weighted by Gasteiger charge is -2.17. The molecule has 0 fully saturated rings. The molecule has 1 heterocycles. The zero-order chi connectivity index (χ0) is 24.2. The van der Waals surface area contributed by atoms with Crippen LogP contribution < -0.4 is 5.32 Å². The Morgan fingerprint density at radius 3 is 2.18 bits per heavy atom. The molecule has 0 aliphatic carbocycles. The van der Waals surface area contributed by atoms with E-state index in [0.717, 1.165) is 35.2 Å². The number of aromatic nitrogens is 1. The first-order chi connectivity index (χ1) is 16.6. The fourth-order valence-electron chi connectivity index (χ4n) is 4.40. The standard InChI is InChI=1S/C29H38Cl2N2O/c1-2-3-4-5-6-7-8-9-10-14-17-32-21-28(34)24-20-27(22-15-12-11-13-16-22)33-29-25(24)18-23(30)19-26(29)31/h11-13,15-16,18-20,28,32,34H,2-10,14,17,21H2,1H3/t28-/m0/s1. The third-order valence-electron chi connectivity index (χ3n) is 6.34. The SMILES string of the molecule is CCCCCCCCCCCCNC[C@H](O)c1cc(-c2ccccc2)nc2c(Cl)cc(Cl)cc12. The van der Waals surface area contributed by atoms with Crippen LogP contribution >= 0.6 is 23.2 Å². The second kappa shape index (κ2) is 14.7. The number of hydrogen-bond donors (Lipinski definition) is 2. The maximum absolute atomic E-state index is 11.1. The van der Waals surface area contributed by atoms with E-state index in [1.807, 2.05) is 42.5 Å². The van der Waals surface area contributed by atoms with Crippen LogP contribution in [-0.2, 0) is 0 Å². The number of aliphatic hydroxyl groups excluding tert-OH is 1. The maximum atomic E-state index is 11.1. The third kappa shape index (κ3) is 8.23. The van der Waals surface area contributed by atoms with Crippen LogP contribution in [0.1, 0.15) is 82.8 Å². The highest BCUT2D eigenvalue weighted by Crippen LogP contribution is 2.34. The van der Waals surface area contributed by atoms with Crippen molar-refractivity contribution >= 4 is 34.1 Å². The Balaban J connectivity index is 1.53. The summed E-state index contributed by atoms with van der Waals surface area (Å²) in [4.78, 5) is 4.77. The lowest BCUT2D eigenvalue weighted by molar-refractivity contribution is 0.176. The molecule has 0 radical (unpaired) electrons. The molecule has 0 aliphatic rings. The highest BCUT2D eigenvalue weighted by Gasteiger charge is 2.17. The Labute approximate surface area is 214 Å². The monoisotopic (exact) mass is 500 g/mol. The Hall–Kier alpha value is -1.65. The average molecular weight is 502 g/mol. The van der Waals surface area contributed by atoms with E-state index >= 15 is 0 Å². The summed E-state index contributed by atoms with van der Waals surface area (Å²) >= 11 is 12.8. The van der Waals surface area contributed by atoms with Gasteiger partial charge in [0.2, 0.25) is 0 Å². The lowest BCUT2D eigenvalue weighted by Crippen LogP contribution is -2.22. The first kappa shape index (κ1) is 26.9. The van der Waals surface area contributed by atoms with Gasteiger partial charge in [0, 0.05) is 22.5 Å². The number of nitrogens with one attached hydrogen (secondary N) is 1. The normalized spacial score (nSPS) is 12.4. The first-order valence-electron chi connectivity index (χ1n) is 12.8. The van der Waals surface area contributed by atoms with Crippen LogP contribution in [0.3, 0.4) is 0 Å². The van der Waals surface area contributed by atoms with Gasteiger partial charge in [0.25, 0.3) is 0 Å². The van der Waals surface area contributed by atoms with E-state index in [1.54, 1.807) is 6.07 Å². The number of aliphatic hydroxyl groups is 1. The topological polar surface area (TPSA) is 45.1 Å². The van der Waals surface area contributed by atoms with Crippen molar-refractivity contribution in [1.29, 1.82) is 0 Å². The fraction of sp³-hybridized carbons (Fsp3) is 0.483. The predicted octanol–water partition coefficient (Wildman–Crippen LogP) is 8.75. The molecule has 5 heteroatoms. The van der Waals surface area contributed by atoms with Gasteiger partial charge in [0.05, 0.1) is 22.3 Å². The summed E-state index contributed by atoms with van der Waals surface area (Å²) in [6.07, 6.45) is 12.5. The molecule has 0 bridgehead atoms. The van der Waals surface area contributed by atoms with Crippen LogP contribution in [0.25, 0.3) is 22.2 Å². The van der Waals surface area contributed by atoms with Crippen LogP contribution in [0.2, 0.25) is 10.0 Å². The van der Waals surface area contributed by atoms with E-state index in [4.69, 9.17) is 28.2 Å². The number of unbranched alkanes of at least 4 members (excludes halogenated alkanes) is 9. The van der Waals surface area contributed by atoms with E-state index in [0.29, 0.717) is 22.1 Å². The molecule has 2 aromatic carbocycles. The zero-order valence-corrected chi connectivity index (χ0v) is 21.8. The second-order valence-corrected chi connectivity index (χ2v) is 9.99. The molecule has 0 aliphatic heterocycles. The zero-order valence-electron chi connectivity index (χ0n) is 20.3. The lowest BCUT2D eigenvalue weighted by atomic mass is 10.00.